The van der Waals surface area contributed by atoms with Crippen molar-refractivity contribution in [3.8, 4) is 5.75 Å². The Morgan fingerprint density at radius 3 is 2.26 bits per heavy atom. The Kier molecular flexibility index (Phi) is 7.87. The van der Waals surface area contributed by atoms with Gasteiger partial charge in [-0.1, -0.05) is 25.4 Å². The number of benzene rings is 2. The van der Waals surface area contributed by atoms with E-state index in [1.54, 1.807) is 20.8 Å². The van der Waals surface area contributed by atoms with Gasteiger partial charge in [-0.05, 0) is 37.3 Å². The van der Waals surface area contributed by atoms with Crippen molar-refractivity contribution in [3.63, 3.8) is 0 Å². The van der Waals surface area contributed by atoms with E-state index in [2.05, 4.69) is 4.72 Å². The van der Waals surface area contributed by atoms with Crippen LogP contribution < -0.4 is 9.46 Å². The Morgan fingerprint density at radius 1 is 1.06 bits per heavy atom. The molecule has 0 bridgehead atoms. The lowest BCUT2D eigenvalue weighted by molar-refractivity contribution is -0.384. The van der Waals surface area contributed by atoms with E-state index in [9.17, 15) is 26.9 Å². The van der Waals surface area contributed by atoms with Crippen LogP contribution in [0.3, 0.4) is 0 Å². The first-order chi connectivity index (χ1) is 14.5. The van der Waals surface area contributed by atoms with Gasteiger partial charge in [-0.25, -0.2) is 16.8 Å². The number of hydrogen-bond acceptors (Lipinski definition) is 7. The number of nitrogens with one attached hydrogen (secondary N) is 1. The first-order valence-electron chi connectivity index (χ1n) is 9.21. The van der Waals surface area contributed by atoms with E-state index in [4.69, 9.17) is 16.3 Å². The highest BCUT2D eigenvalue weighted by Crippen LogP contribution is 2.32. The molecule has 0 aliphatic rings. The molecule has 0 radical (unpaired) electrons. The second kappa shape index (κ2) is 9.81. The highest BCUT2D eigenvalue weighted by atomic mass is 35.5. The molecule has 2 aromatic carbocycles. The molecular weight excluding hydrogens is 470 g/mol. The van der Waals surface area contributed by atoms with Crippen LogP contribution in [0.25, 0.3) is 0 Å². The minimum atomic E-state index is -4.27. The topological polar surface area (TPSA) is 136 Å². The highest BCUT2D eigenvalue weighted by Gasteiger charge is 2.27. The summed E-state index contributed by atoms with van der Waals surface area (Å²) >= 11 is 5.73. The van der Waals surface area contributed by atoms with Crippen LogP contribution in [0.5, 0.6) is 5.75 Å². The predicted octanol–water partition coefficient (Wildman–Crippen LogP) is 3.48. The van der Waals surface area contributed by atoms with Crippen molar-refractivity contribution in [1.29, 1.82) is 0 Å². The molecule has 0 saturated heterocycles. The zero-order chi connectivity index (χ0) is 23.4. The van der Waals surface area contributed by atoms with Crippen LogP contribution in [0, 0.1) is 10.1 Å². The smallest absolute Gasteiger partial charge is 0.289 e. The molecule has 10 nitrogen and oxygen atoms in total. The van der Waals surface area contributed by atoms with E-state index in [0.717, 1.165) is 24.3 Å². The average Bonchev–Trinajstić information content (AvgIpc) is 2.69. The molecule has 0 amide bonds. The Morgan fingerprint density at radius 2 is 1.71 bits per heavy atom. The van der Waals surface area contributed by atoms with Crippen molar-refractivity contribution in [2.75, 3.05) is 24.4 Å². The lowest BCUT2D eigenvalue weighted by Crippen LogP contribution is -2.31. The van der Waals surface area contributed by atoms with Crippen LogP contribution in [-0.4, -0.2) is 45.8 Å². The number of halogens is 1. The summed E-state index contributed by atoms with van der Waals surface area (Å²) in [5, 5.41) is 10.8. The number of hydrogen-bond donors (Lipinski definition) is 1. The maximum Gasteiger partial charge on any atom is 0.289 e. The number of sulfonamides is 2. The van der Waals surface area contributed by atoms with Gasteiger partial charge in [0.05, 0.1) is 22.1 Å². The van der Waals surface area contributed by atoms with Gasteiger partial charge < -0.3 is 4.74 Å². The lowest BCUT2D eigenvalue weighted by atomic mass is 10.3. The first-order valence-corrected chi connectivity index (χ1v) is 12.5. The normalized spacial score (nSPS) is 12.0. The van der Waals surface area contributed by atoms with Gasteiger partial charge in [-0.3, -0.25) is 14.8 Å². The van der Waals surface area contributed by atoms with Gasteiger partial charge >= 0.3 is 0 Å². The van der Waals surface area contributed by atoms with Crippen molar-refractivity contribution in [3.05, 3.63) is 51.5 Å². The molecule has 0 saturated carbocycles. The van der Waals surface area contributed by atoms with Gasteiger partial charge in [-0.15, -0.1) is 0 Å². The van der Waals surface area contributed by atoms with Crippen LogP contribution in [0.15, 0.2) is 46.2 Å². The molecule has 0 fully saturated rings. The maximum atomic E-state index is 13.0. The quantitative estimate of drug-likeness (QED) is 0.396. The summed E-state index contributed by atoms with van der Waals surface area (Å²) in [5.74, 6) is 0.0829. The average molecular weight is 492 g/mol. The Bertz CT molecular complexity index is 1180. The van der Waals surface area contributed by atoms with Crippen LogP contribution in [0.2, 0.25) is 5.02 Å². The molecule has 0 aromatic heterocycles. The van der Waals surface area contributed by atoms with Crippen molar-refractivity contribution in [2.45, 2.75) is 30.6 Å². The molecule has 170 valence electrons. The summed E-state index contributed by atoms with van der Waals surface area (Å²) in [7, 11) is -8.22. The number of anilines is 1. The van der Waals surface area contributed by atoms with Gasteiger partial charge in [0.15, 0.2) is 0 Å². The van der Waals surface area contributed by atoms with E-state index in [1.807, 2.05) is 0 Å². The summed E-state index contributed by atoms with van der Waals surface area (Å²) in [6.07, 6.45) is 0. The van der Waals surface area contributed by atoms with Gasteiger partial charge in [0.25, 0.3) is 15.7 Å². The first kappa shape index (κ1) is 24.9. The van der Waals surface area contributed by atoms with E-state index >= 15 is 0 Å². The van der Waals surface area contributed by atoms with Crippen LogP contribution in [0.4, 0.5) is 11.4 Å². The predicted molar refractivity (Wildman–Crippen MR) is 117 cm³/mol. The van der Waals surface area contributed by atoms with Crippen molar-refractivity contribution in [1.82, 2.24) is 4.31 Å². The third kappa shape index (κ3) is 5.45. The summed E-state index contributed by atoms with van der Waals surface area (Å²) < 4.78 is 60.4. The zero-order valence-corrected chi connectivity index (χ0v) is 19.4. The minimum absolute atomic E-state index is 0.0493. The Balaban J connectivity index is 2.53. The number of nitro benzene ring substituents is 1. The molecule has 0 heterocycles. The fourth-order valence-electron chi connectivity index (χ4n) is 2.76. The lowest BCUT2D eigenvalue weighted by Gasteiger charge is -2.21. The van der Waals surface area contributed by atoms with Crippen LogP contribution in [0.1, 0.15) is 20.8 Å². The van der Waals surface area contributed by atoms with E-state index in [-0.39, 0.29) is 41.1 Å². The molecule has 2 aromatic rings. The van der Waals surface area contributed by atoms with E-state index < -0.39 is 35.6 Å². The van der Waals surface area contributed by atoms with E-state index in [1.165, 1.54) is 16.4 Å². The van der Waals surface area contributed by atoms with Crippen LogP contribution >= 0.6 is 11.6 Å². The Labute approximate surface area is 186 Å². The number of nitro groups is 1. The molecule has 31 heavy (non-hydrogen) atoms. The largest absolute Gasteiger partial charge is 0.492 e. The van der Waals surface area contributed by atoms with Crippen molar-refractivity contribution in [2.24, 2.45) is 0 Å². The third-order valence-corrected chi connectivity index (χ3v) is 8.01. The SMILES string of the molecule is CCOc1ccc(NS(=O)(=O)c2ccc(Cl)c([N+](=O)[O-])c2)cc1S(=O)(=O)N(CC)CC. The summed E-state index contributed by atoms with van der Waals surface area (Å²) in [5.41, 5.74) is -0.618. The number of ether oxygens (including phenoxy) is 1. The molecule has 0 aliphatic heterocycles. The Hall–Kier alpha value is -2.41. The number of nitrogens with zero attached hydrogens (tertiary/aromatic N) is 2. The summed E-state index contributed by atoms with van der Waals surface area (Å²) in [6, 6.07) is 6.88. The summed E-state index contributed by atoms with van der Waals surface area (Å²) in [4.78, 5) is 9.66. The highest BCUT2D eigenvalue weighted by molar-refractivity contribution is 7.92. The molecule has 13 heteroatoms. The molecule has 0 spiro atoms. The molecule has 0 unspecified atom stereocenters. The fraction of sp³-hybridized carbons (Fsp3) is 0.333. The second-order valence-corrected chi connectivity index (χ2v) is 10.2. The molecule has 0 atom stereocenters. The van der Waals surface area contributed by atoms with Crippen molar-refractivity contribution < 1.29 is 26.5 Å². The van der Waals surface area contributed by atoms with Gasteiger partial charge in [-0.2, -0.15) is 4.31 Å². The van der Waals surface area contributed by atoms with Gasteiger partial charge in [0, 0.05) is 19.2 Å². The monoisotopic (exact) mass is 491 g/mol. The fourth-order valence-corrected chi connectivity index (χ4v) is 5.63. The van der Waals surface area contributed by atoms with Gasteiger partial charge in [0.1, 0.15) is 15.7 Å². The molecule has 1 N–H and O–H groups in total. The standard InChI is InChI=1S/C18H22ClN3O7S2/c1-4-21(5-2)31(27,28)18-11-13(7-10-17(18)29-6-3)20-30(25,26)14-8-9-15(19)16(12-14)22(23)24/h7-12,20H,4-6H2,1-3H3. The van der Waals surface area contributed by atoms with Crippen molar-refractivity contribution >= 4 is 43.0 Å². The zero-order valence-electron chi connectivity index (χ0n) is 17.0. The van der Waals surface area contributed by atoms with Gasteiger partial charge in [0.2, 0.25) is 10.0 Å². The molecular formula is C18H22ClN3O7S2. The number of rotatable bonds is 10. The summed E-state index contributed by atoms with van der Waals surface area (Å²) in [6.45, 7) is 5.70. The maximum absolute atomic E-state index is 13.0. The second-order valence-electron chi connectivity index (χ2n) is 6.16. The molecule has 2 rings (SSSR count). The minimum Gasteiger partial charge on any atom is -0.492 e. The third-order valence-electron chi connectivity index (χ3n) is 4.24. The molecule has 0 aliphatic carbocycles. The van der Waals surface area contributed by atoms with E-state index in [0.29, 0.717) is 0 Å². The van der Waals surface area contributed by atoms with Crippen LogP contribution in [-0.2, 0) is 20.0 Å².